The Morgan fingerprint density at radius 3 is 2.08 bits per heavy atom. The standard InChI is InChI=1S/C19H23IO6/c1-4-24-17(22)19(18(23)25-5-2,12-8-9-13-26-14(3)21)15-10-6-7-11-16(15)20/h6-11H,4-5,12-13H2,1-3H3/b9-8+. The second-order valence-electron chi connectivity index (χ2n) is 5.30. The van der Waals surface area contributed by atoms with Crippen LogP contribution in [0.5, 0.6) is 0 Å². The number of ether oxygens (including phenoxy) is 3. The molecule has 7 heteroatoms. The molecule has 0 bridgehead atoms. The van der Waals surface area contributed by atoms with Crippen LogP contribution in [0.15, 0.2) is 36.4 Å². The topological polar surface area (TPSA) is 78.9 Å². The van der Waals surface area contributed by atoms with Crippen molar-refractivity contribution in [2.75, 3.05) is 19.8 Å². The number of hydrogen-bond acceptors (Lipinski definition) is 6. The average molecular weight is 474 g/mol. The van der Waals surface area contributed by atoms with Gasteiger partial charge in [-0.05, 0) is 54.5 Å². The molecule has 1 rings (SSSR count). The zero-order valence-electron chi connectivity index (χ0n) is 15.1. The monoisotopic (exact) mass is 474 g/mol. The Bertz CT molecular complexity index is 650. The molecule has 0 atom stereocenters. The van der Waals surface area contributed by atoms with Crippen molar-refractivity contribution in [1.82, 2.24) is 0 Å². The fraction of sp³-hybridized carbons (Fsp3) is 0.421. The smallest absolute Gasteiger partial charge is 0.328 e. The van der Waals surface area contributed by atoms with E-state index in [9.17, 15) is 14.4 Å². The quantitative estimate of drug-likeness (QED) is 0.180. The molecule has 1 aromatic carbocycles. The lowest BCUT2D eigenvalue weighted by molar-refractivity contribution is -0.164. The van der Waals surface area contributed by atoms with Gasteiger partial charge in [0.2, 0.25) is 0 Å². The highest BCUT2D eigenvalue weighted by Gasteiger charge is 2.50. The van der Waals surface area contributed by atoms with Crippen molar-refractivity contribution in [1.29, 1.82) is 0 Å². The van der Waals surface area contributed by atoms with Crippen LogP contribution in [0.4, 0.5) is 0 Å². The van der Waals surface area contributed by atoms with Crippen LogP contribution in [0, 0.1) is 3.57 Å². The molecule has 0 heterocycles. The van der Waals surface area contributed by atoms with Crippen molar-refractivity contribution >= 4 is 40.5 Å². The van der Waals surface area contributed by atoms with Gasteiger partial charge in [0.25, 0.3) is 0 Å². The van der Waals surface area contributed by atoms with Gasteiger partial charge in [0.15, 0.2) is 5.41 Å². The van der Waals surface area contributed by atoms with E-state index in [0.717, 1.165) is 3.57 Å². The van der Waals surface area contributed by atoms with Crippen molar-refractivity contribution in [3.8, 4) is 0 Å². The van der Waals surface area contributed by atoms with Crippen LogP contribution in [0.2, 0.25) is 0 Å². The van der Waals surface area contributed by atoms with Gasteiger partial charge in [-0.3, -0.25) is 14.4 Å². The first kappa shape index (κ1) is 22.1. The third kappa shape index (κ3) is 5.55. The van der Waals surface area contributed by atoms with Crippen LogP contribution in [-0.2, 0) is 34.0 Å². The maximum Gasteiger partial charge on any atom is 0.328 e. The largest absolute Gasteiger partial charge is 0.465 e. The molecule has 142 valence electrons. The fourth-order valence-corrected chi connectivity index (χ4v) is 3.24. The second kappa shape index (κ2) is 10.9. The number of carbonyl (C=O) groups is 3. The number of carbonyl (C=O) groups excluding carboxylic acids is 3. The van der Waals surface area contributed by atoms with Crippen LogP contribution in [0.1, 0.15) is 32.8 Å². The number of benzene rings is 1. The number of hydrogen-bond donors (Lipinski definition) is 0. The molecule has 0 radical (unpaired) electrons. The maximum atomic E-state index is 12.9. The predicted molar refractivity (Wildman–Crippen MR) is 104 cm³/mol. The first-order chi connectivity index (χ1) is 12.4. The molecule has 0 aliphatic rings. The van der Waals surface area contributed by atoms with E-state index in [2.05, 4.69) is 22.6 Å². The minimum absolute atomic E-state index is 0.0337. The Morgan fingerprint density at radius 2 is 1.58 bits per heavy atom. The van der Waals surface area contributed by atoms with Gasteiger partial charge in [-0.2, -0.15) is 0 Å². The summed E-state index contributed by atoms with van der Waals surface area (Å²) >= 11 is 2.08. The normalized spacial score (nSPS) is 11.2. The molecule has 0 aliphatic heterocycles. The molecular formula is C19H23IO6. The Labute approximate surface area is 167 Å². The summed E-state index contributed by atoms with van der Waals surface area (Å²) in [7, 11) is 0. The molecule has 1 aromatic rings. The first-order valence-corrected chi connectivity index (χ1v) is 9.35. The highest BCUT2D eigenvalue weighted by Crippen LogP contribution is 2.35. The van der Waals surface area contributed by atoms with E-state index in [-0.39, 0.29) is 26.2 Å². The molecule has 0 unspecified atom stereocenters. The third-order valence-electron chi connectivity index (χ3n) is 3.55. The maximum absolute atomic E-state index is 12.9. The summed E-state index contributed by atoms with van der Waals surface area (Å²) in [5, 5.41) is 0. The zero-order chi connectivity index (χ0) is 19.6. The van der Waals surface area contributed by atoms with Gasteiger partial charge in [-0.15, -0.1) is 0 Å². The summed E-state index contributed by atoms with van der Waals surface area (Å²) in [5.74, 6) is -1.74. The van der Waals surface area contributed by atoms with Crippen LogP contribution < -0.4 is 0 Å². The highest BCUT2D eigenvalue weighted by atomic mass is 127. The number of rotatable bonds is 9. The predicted octanol–water partition coefficient (Wildman–Crippen LogP) is 3.16. The average Bonchev–Trinajstić information content (AvgIpc) is 2.59. The van der Waals surface area contributed by atoms with E-state index >= 15 is 0 Å². The molecule has 0 aromatic heterocycles. The molecule has 0 N–H and O–H groups in total. The molecule has 0 spiro atoms. The van der Waals surface area contributed by atoms with Gasteiger partial charge in [0.05, 0.1) is 13.2 Å². The number of halogens is 1. The van der Waals surface area contributed by atoms with Crippen LogP contribution in [0.3, 0.4) is 0 Å². The Kier molecular flexibility index (Phi) is 9.32. The molecule has 0 amide bonds. The van der Waals surface area contributed by atoms with Gasteiger partial charge in [-0.25, -0.2) is 0 Å². The van der Waals surface area contributed by atoms with E-state index in [1.54, 1.807) is 38.1 Å². The van der Waals surface area contributed by atoms with Crippen molar-refractivity contribution in [3.63, 3.8) is 0 Å². The molecule has 26 heavy (non-hydrogen) atoms. The van der Waals surface area contributed by atoms with Crippen molar-refractivity contribution < 1.29 is 28.6 Å². The lowest BCUT2D eigenvalue weighted by Crippen LogP contribution is -2.46. The fourth-order valence-electron chi connectivity index (χ4n) is 2.39. The van der Waals surface area contributed by atoms with E-state index < -0.39 is 23.3 Å². The summed E-state index contributed by atoms with van der Waals surface area (Å²) in [6.45, 7) is 5.01. The first-order valence-electron chi connectivity index (χ1n) is 8.27. The van der Waals surface area contributed by atoms with E-state index in [4.69, 9.17) is 14.2 Å². The third-order valence-corrected chi connectivity index (χ3v) is 4.50. The SMILES string of the molecule is CCOC(=O)C(C/C=C/COC(C)=O)(C(=O)OCC)c1ccccc1I. The molecule has 0 fully saturated rings. The van der Waals surface area contributed by atoms with Crippen molar-refractivity contribution in [2.24, 2.45) is 0 Å². The summed E-state index contributed by atoms with van der Waals surface area (Å²) in [4.78, 5) is 36.6. The Morgan fingerprint density at radius 1 is 1.00 bits per heavy atom. The summed E-state index contributed by atoms with van der Waals surface area (Å²) in [6.07, 6.45) is 3.25. The van der Waals surface area contributed by atoms with Crippen molar-refractivity contribution in [3.05, 3.63) is 45.6 Å². The molecule has 6 nitrogen and oxygen atoms in total. The minimum Gasteiger partial charge on any atom is -0.465 e. The lowest BCUT2D eigenvalue weighted by atomic mass is 9.77. The highest BCUT2D eigenvalue weighted by molar-refractivity contribution is 14.1. The second-order valence-corrected chi connectivity index (χ2v) is 6.47. The van der Waals surface area contributed by atoms with Gasteiger partial charge in [0.1, 0.15) is 6.61 Å². The van der Waals surface area contributed by atoms with Crippen LogP contribution in [0.25, 0.3) is 0 Å². The number of allylic oxidation sites excluding steroid dienone is 1. The molecule has 0 aliphatic carbocycles. The summed E-state index contributed by atoms with van der Waals surface area (Å²) in [5.41, 5.74) is -1.09. The summed E-state index contributed by atoms with van der Waals surface area (Å²) in [6, 6.07) is 7.11. The number of esters is 3. The van der Waals surface area contributed by atoms with Crippen LogP contribution in [-0.4, -0.2) is 37.7 Å². The van der Waals surface area contributed by atoms with E-state index in [1.807, 2.05) is 12.1 Å². The molecular weight excluding hydrogens is 451 g/mol. The van der Waals surface area contributed by atoms with Gasteiger partial charge >= 0.3 is 17.9 Å². The molecule has 0 saturated carbocycles. The van der Waals surface area contributed by atoms with Crippen LogP contribution >= 0.6 is 22.6 Å². The molecule has 0 saturated heterocycles. The van der Waals surface area contributed by atoms with Gasteiger partial charge < -0.3 is 14.2 Å². The Balaban J connectivity index is 3.34. The lowest BCUT2D eigenvalue weighted by Gasteiger charge is -2.29. The van der Waals surface area contributed by atoms with Gasteiger partial charge in [0, 0.05) is 10.5 Å². The van der Waals surface area contributed by atoms with E-state index in [1.165, 1.54) is 6.92 Å². The minimum atomic E-state index is -1.61. The van der Waals surface area contributed by atoms with Gasteiger partial charge in [-0.1, -0.05) is 30.4 Å². The van der Waals surface area contributed by atoms with E-state index in [0.29, 0.717) is 5.56 Å². The van der Waals surface area contributed by atoms with Crippen molar-refractivity contribution in [2.45, 2.75) is 32.6 Å². The Hall–Kier alpha value is -1.90. The summed E-state index contributed by atoms with van der Waals surface area (Å²) < 4.78 is 16.0. The zero-order valence-corrected chi connectivity index (χ0v) is 17.3.